The Kier molecular flexibility index (Phi) is 6.48. The second kappa shape index (κ2) is 7.23. The van der Waals surface area contributed by atoms with E-state index in [-0.39, 0.29) is 11.3 Å². The fraction of sp³-hybridized carbons (Fsp3) is 1.00. The molecular weight excluding hydrogens is 272 g/mol. The van der Waals surface area contributed by atoms with Crippen LogP contribution in [0.4, 0.5) is 0 Å². The molecule has 0 aromatic carbocycles. The minimum absolute atomic E-state index is 0.236. The average molecular weight is 304 g/mol. The van der Waals surface area contributed by atoms with Crippen molar-refractivity contribution in [1.82, 2.24) is 4.90 Å². The van der Waals surface area contributed by atoms with E-state index in [9.17, 15) is 8.42 Å². The molecule has 1 rings (SSSR count). The zero-order valence-electron chi connectivity index (χ0n) is 13.6. The lowest BCUT2D eigenvalue weighted by atomic mass is 9.89. The molecule has 1 fully saturated rings. The Morgan fingerprint density at radius 2 is 1.85 bits per heavy atom. The molecule has 4 nitrogen and oxygen atoms in total. The SMILES string of the molecule is CCC(CC)N(CC(C)C)C1(CN)CCCS(=O)(=O)C1. The maximum absolute atomic E-state index is 12.1. The zero-order chi connectivity index (χ0) is 15.4. The molecule has 5 heteroatoms. The van der Waals surface area contributed by atoms with Crippen molar-refractivity contribution in [1.29, 1.82) is 0 Å². The van der Waals surface area contributed by atoms with Gasteiger partial charge in [0.25, 0.3) is 0 Å². The third-order valence-electron chi connectivity index (χ3n) is 4.52. The Hall–Kier alpha value is -0.130. The van der Waals surface area contributed by atoms with Crippen molar-refractivity contribution in [3.8, 4) is 0 Å². The Morgan fingerprint density at radius 3 is 2.25 bits per heavy atom. The molecule has 1 heterocycles. The molecule has 0 amide bonds. The molecule has 0 aromatic heterocycles. The lowest BCUT2D eigenvalue weighted by Crippen LogP contribution is -2.63. The number of hydrogen-bond donors (Lipinski definition) is 1. The second-order valence-electron chi connectivity index (χ2n) is 6.64. The van der Waals surface area contributed by atoms with Gasteiger partial charge >= 0.3 is 0 Å². The van der Waals surface area contributed by atoms with Gasteiger partial charge in [-0.15, -0.1) is 0 Å². The predicted molar refractivity (Wildman–Crippen MR) is 85.6 cm³/mol. The minimum Gasteiger partial charge on any atom is -0.329 e. The van der Waals surface area contributed by atoms with Crippen molar-refractivity contribution in [3.05, 3.63) is 0 Å². The molecule has 120 valence electrons. The van der Waals surface area contributed by atoms with Crippen LogP contribution in [0.3, 0.4) is 0 Å². The average Bonchev–Trinajstić information content (AvgIpc) is 2.37. The molecule has 0 radical (unpaired) electrons. The molecule has 1 aliphatic heterocycles. The summed E-state index contributed by atoms with van der Waals surface area (Å²) in [6.07, 6.45) is 3.75. The summed E-state index contributed by atoms with van der Waals surface area (Å²) >= 11 is 0. The van der Waals surface area contributed by atoms with Gasteiger partial charge in [0, 0.05) is 24.7 Å². The summed E-state index contributed by atoms with van der Waals surface area (Å²) in [6.45, 7) is 10.1. The maximum Gasteiger partial charge on any atom is 0.152 e. The minimum atomic E-state index is -2.95. The van der Waals surface area contributed by atoms with E-state index in [0.29, 0.717) is 24.3 Å². The highest BCUT2D eigenvalue weighted by Crippen LogP contribution is 2.32. The van der Waals surface area contributed by atoms with Crippen LogP contribution in [-0.4, -0.2) is 49.5 Å². The van der Waals surface area contributed by atoms with Crippen LogP contribution in [0.5, 0.6) is 0 Å². The van der Waals surface area contributed by atoms with E-state index in [1.807, 2.05) is 0 Å². The van der Waals surface area contributed by atoms with Crippen LogP contribution >= 0.6 is 0 Å². The first-order chi connectivity index (χ1) is 9.30. The van der Waals surface area contributed by atoms with Gasteiger partial charge in [0.15, 0.2) is 9.84 Å². The van der Waals surface area contributed by atoms with Crippen molar-refractivity contribution in [3.63, 3.8) is 0 Å². The Bertz CT molecular complexity index is 391. The van der Waals surface area contributed by atoms with Gasteiger partial charge in [0.05, 0.1) is 11.5 Å². The summed E-state index contributed by atoms with van der Waals surface area (Å²) in [5.74, 6) is 1.08. The van der Waals surface area contributed by atoms with Crippen LogP contribution in [0.2, 0.25) is 0 Å². The number of hydrogen-bond acceptors (Lipinski definition) is 4. The fourth-order valence-electron chi connectivity index (χ4n) is 3.53. The number of nitrogens with zero attached hydrogens (tertiary/aromatic N) is 1. The van der Waals surface area contributed by atoms with Crippen molar-refractivity contribution in [2.24, 2.45) is 11.7 Å². The Balaban J connectivity index is 3.11. The highest BCUT2D eigenvalue weighted by molar-refractivity contribution is 7.91. The van der Waals surface area contributed by atoms with Crippen LogP contribution in [0.25, 0.3) is 0 Å². The van der Waals surface area contributed by atoms with Gasteiger partial charge in [-0.2, -0.15) is 0 Å². The Morgan fingerprint density at radius 1 is 1.25 bits per heavy atom. The van der Waals surface area contributed by atoms with Crippen LogP contribution < -0.4 is 5.73 Å². The van der Waals surface area contributed by atoms with E-state index < -0.39 is 9.84 Å². The summed E-state index contributed by atoms with van der Waals surface area (Å²) in [4.78, 5) is 2.42. The highest BCUT2D eigenvalue weighted by Gasteiger charge is 2.44. The molecule has 1 atom stereocenters. The first-order valence-electron chi connectivity index (χ1n) is 7.97. The number of nitrogens with two attached hydrogens (primary N) is 1. The van der Waals surface area contributed by atoms with E-state index >= 15 is 0 Å². The first-order valence-corrected chi connectivity index (χ1v) is 9.79. The van der Waals surface area contributed by atoms with Crippen LogP contribution in [0.1, 0.15) is 53.4 Å². The third kappa shape index (κ3) is 4.18. The van der Waals surface area contributed by atoms with E-state index in [2.05, 4.69) is 32.6 Å². The van der Waals surface area contributed by atoms with E-state index in [0.717, 1.165) is 32.2 Å². The second-order valence-corrected chi connectivity index (χ2v) is 8.82. The lowest BCUT2D eigenvalue weighted by molar-refractivity contribution is 0.0373. The van der Waals surface area contributed by atoms with Gasteiger partial charge in [-0.3, -0.25) is 4.90 Å². The highest BCUT2D eigenvalue weighted by atomic mass is 32.2. The summed E-state index contributed by atoms with van der Waals surface area (Å²) in [7, 11) is -2.95. The topological polar surface area (TPSA) is 63.4 Å². The molecule has 0 saturated carbocycles. The maximum atomic E-state index is 12.1. The quantitative estimate of drug-likeness (QED) is 0.782. The molecule has 0 spiro atoms. The molecule has 1 saturated heterocycles. The summed E-state index contributed by atoms with van der Waals surface area (Å²) < 4.78 is 24.3. The van der Waals surface area contributed by atoms with Crippen molar-refractivity contribution in [2.45, 2.75) is 65.0 Å². The molecule has 0 aromatic rings. The van der Waals surface area contributed by atoms with Gasteiger partial charge in [-0.1, -0.05) is 27.7 Å². The largest absolute Gasteiger partial charge is 0.329 e. The number of sulfone groups is 1. The molecule has 20 heavy (non-hydrogen) atoms. The Labute approximate surface area is 125 Å². The van der Waals surface area contributed by atoms with Crippen LogP contribution in [0, 0.1) is 5.92 Å². The zero-order valence-corrected chi connectivity index (χ0v) is 14.4. The number of rotatable bonds is 7. The van der Waals surface area contributed by atoms with Crippen molar-refractivity contribution >= 4 is 9.84 Å². The molecule has 1 unspecified atom stereocenters. The van der Waals surface area contributed by atoms with Crippen LogP contribution in [-0.2, 0) is 9.84 Å². The lowest BCUT2D eigenvalue weighted by Gasteiger charge is -2.49. The third-order valence-corrected chi connectivity index (χ3v) is 6.41. The van der Waals surface area contributed by atoms with Crippen molar-refractivity contribution < 1.29 is 8.42 Å². The van der Waals surface area contributed by atoms with Gasteiger partial charge in [-0.25, -0.2) is 8.42 Å². The van der Waals surface area contributed by atoms with Gasteiger partial charge in [0.1, 0.15) is 0 Å². The normalized spacial score (nSPS) is 26.6. The molecule has 0 aliphatic carbocycles. The first kappa shape index (κ1) is 17.9. The van der Waals surface area contributed by atoms with Gasteiger partial charge < -0.3 is 5.73 Å². The smallest absolute Gasteiger partial charge is 0.152 e. The van der Waals surface area contributed by atoms with Crippen molar-refractivity contribution in [2.75, 3.05) is 24.6 Å². The van der Waals surface area contributed by atoms with Gasteiger partial charge in [-0.05, 0) is 31.6 Å². The van der Waals surface area contributed by atoms with E-state index in [1.54, 1.807) is 0 Å². The molecular formula is C15H32N2O2S. The van der Waals surface area contributed by atoms with E-state index in [4.69, 9.17) is 5.73 Å². The van der Waals surface area contributed by atoms with Crippen LogP contribution in [0.15, 0.2) is 0 Å². The van der Waals surface area contributed by atoms with Gasteiger partial charge in [0.2, 0.25) is 0 Å². The molecule has 1 aliphatic rings. The standard InChI is InChI=1S/C15H32N2O2S/c1-5-14(6-2)17(10-13(3)4)15(11-16)8-7-9-20(18,19)12-15/h13-14H,5-12,16H2,1-4H3. The summed E-state index contributed by atoms with van der Waals surface area (Å²) in [5.41, 5.74) is 5.73. The summed E-state index contributed by atoms with van der Waals surface area (Å²) in [6, 6.07) is 0.425. The molecule has 0 bridgehead atoms. The fourth-order valence-corrected chi connectivity index (χ4v) is 5.51. The monoisotopic (exact) mass is 304 g/mol. The predicted octanol–water partition coefficient (Wildman–Crippen LogP) is 2.04. The summed E-state index contributed by atoms with van der Waals surface area (Å²) in [5, 5.41) is 0. The van der Waals surface area contributed by atoms with E-state index in [1.165, 1.54) is 0 Å². The molecule has 2 N–H and O–H groups in total.